The van der Waals surface area contributed by atoms with Crippen LogP contribution in [0.5, 0.6) is 0 Å². The van der Waals surface area contributed by atoms with Crippen molar-refractivity contribution in [2.24, 2.45) is 11.8 Å². The Morgan fingerprint density at radius 2 is 2.05 bits per heavy atom. The number of nitrogens with one attached hydrogen (secondary N) is 1. The molecule has 1 fully saturated rings. The highest BCUT2D eigenvalue weighted by atomic mass is 35.5. The molecular weight excluding hydrogens is 310 g/mol. The quantitative estimate of drug-likeness (QED) is 0.839. The second kappa shape index (κ2) is 7.09. The second-order valence-electron chi connectivity index (χ2n) is 5.75. The lowest BCUT2D eigenvalue weighted by molar-refractivity contribution is 0.192. The smallest absolute Gasteiger partial charge is 0.175 e. The minimum absolute atomic E-state index is 0.229. The molecule has 2 N–H and O–H groups in total. The zero-order valence-corrected chi connectivity index (χ0v) is 13.8. The Kier molecular flexibility index (Phi) is 5.66. The van der Waals surface area contributed by atoms with Crippen LogP contribution in [0.2, 0.25) is 5.02 Å². The van der Waals surface area contributed by atoms with Gasteiger partial charge < -0.3 is 10.4 Å². The number of hydrogen-bond donors (Lipinski definition) is 2. The van der Waals surface area contributed by atoms with Crippen LogP contribution in [0.3, 0.4) is 0 Å². The number of hydrogen-bond acceptors (Lipinski definition) is 4. The van der Waals surface area contributed by atoms with E-state index in [0.29, 0.717) is 29.0 Å². The first-order chi connectivity index (χ1) is 9.93. The van der Waals surface area contributed by atoms with Crippen LogP contribution in [-0.2, 0) is 16.4 Å². The average Bonchev–Trinajstić information content (AvgIpc) is 2.86. The lowest BCUT2D eigenvalue weighted by Crippen LogP contribution is -2.27. The standard InChI is InChI=1S/C15H22ClNO3S/c1-21(19,20)15-7-3-6-14(16)13(15)9-17-8-11-4-2-5-12(11)10-18/h3,6-7,11-12,17-18H,2,4-5,8-10H2,1H3. The molecule has 118 valence electrons. The summed E-state index contributed by atoms with van der Waals surface area (Å²) in [5.41, 5.74) is 0.625. The number of benzene rings is 1. The molecule has 6 heteroatoms. The van der Waals surface area contributed by atoms with Gasteiger partial charge in [0.15, 0.2) is 9.84 Å². The summed E-state index contributed by atoms with van der Waals surface area (Å²) in [7, 11) is -3.29. The summed E-state index contributed by atoms with van der Waals surface area (Å²) < 4.78 is 23.6. The molecule has 1 aromatic carbocycles. The monoisotopic (exact) mass is 331 g/mol. The fraction of sp³-hybridized carbons (Fsp3) is 0.600. The third-order valence-corrected chi connectivity index (χ3v) is 5.77. The third-order valence-electron chi connectivity index (χ3n) is 4.23. The highest BCUT2D eigenvalue weighted by Gasteiger charge is 2.26. The van der Waals surface area contributed by atoms with Crippen LogP contribution in [0.15, 0.2) is 23.1 Å². The summed E-state index contributed by atoms with van der Waals surface area (Å²) in [6, 6.07) is 4.95. The summed E-state index contributed by atoms with van der Waals surface area (Å²) in [6.07, 6.45) is 4.53. The summed E-state index contributed by atoms with van der Waals surface area (Å²) >= 11 is 6.14. The number of aliphatic hydroxyl groups excluding tert-OH is 1. The predicted molar refractivity (Wildman–Crippen MR) is 84.2 cm³/mol. The molecule has 0 spiro atoms. The van der Waals surface area contributed by atoms with Gasteiger partial charge in [0, 0.05) is 30.0 Å². The molecule has 2 rings (SSSR count). The maximum Gasteiger partial charge on any atom is 0.175 e. The van der Waals surface area contributed by atoms with E-state index in [4.69, 9.17) is 11.6 Å². The molecule has 2 unspecified atom stereocenters. The molecular formula is C15H22ClNO3S. The number of rotatable bonds is 6. The average molecular weight is 332 g/mol. The van der Waals surface area contributed by atoms with Crippen molar-refractivity contribution in [2.45, 2.75) is 30.7 Å². The first-order valence-electron chi connectivity index (χ1n) is 7.22. The number of sulfone groups is 1. The van der Waals surface area contributed by atoms with Crippen LogP contribution in [0.1, 0.15) is 24.8 Å². The number of halogens is 1. The minimum Gasteiger partial charge on any atom is -0.396 e. The van der Waals surface area contributed by atoms with Crippen LogP contribution in [0.4, 0.5) is 0 Å². The maximum absolute atomic E-state index is 11.8. The SMILES string of the molecule is CS(=O)(=O)c1cccc(Cl)c1CNCC1CCCC1CO. The van der Waals surface area contributed by atoms with Crippen LogP contribution < -0.4 is 5.32 Å². The van der Waals surface area contributed by atoms with E-state index in [1.807, 2.05) is 0 Å². The van der Waals surface area contributed by atoms with Crippen LogP contribution in [-0.4, -0.2) is 32.9 Å². The van der Waals surface area contributed by atoms with Gasteiger partial charge in [0.05, 0.1) is 4.90 Å². The van der Waals surface area contributed by atoms with Gasteiger partial charge in [-0.3, -0.25) is 0 Å². The van der Waals surface area contributed by atoms with Gasteiger partial charge in [-0.05, 0) is 43.4 Å². The molecule has 0 amide bonds. The van der Waals surface area contributed by atoms with Crippen molar-refractivity contribution >= 4 is 21.4 Å². The van der Waals surface area contributed by atoms with Gasteiger partial charge in [-0.1, -0.05) is 24.1 Å². The summed E-state index contributed by atoms with van der Waals surface area (Å²) in [6.45, 7) is 1.43. The first kappa shape index (κ1) is 16.7. The van der Waals surface area contributed by atoms with Crippen molar-refractivity contribution in [3.63, 3.8) is 0 Å². The van der Waals surface area contributed by atoms with Crippen LogP contribution in [0.25, 0.3) is 0 Å². The molecule has 0 radical (unpaired) electrons. The molecule has 0 aromatic heterocycles. The van der Waals surface area contributed by atoms with E-state index in [1.165, 1.54) is 6.26 Å². The highest BCUT2D eigenvalue weighted by Crippen LogP contribution is 2.31. The summed E-state index contributed by atoms with van der Waals surface area (Å²) in [5, 5.41) is 13.1. The van der Waals surface area contributed by atoms with E-state index < -0.39 is 9.84 Å². The maximum atomic E-state index is 11.8. The predicted octanol–water partition coefficient (Wildman–Crippen LogP) is 2.24. The third kappa shape index (κ3) is 4.19. The van der Waals surface area contributed by atoms with E-state index in [1.54, 1.807) is 18.2 Å². The normalized spacial score (nSPS) is 22.6. The van der Waals surface area contributed by atoms with Crippen molar-refractivity contribution in [1.29, 1.82) is 0 Å². The molecule has 1 aliphatic rings. The van der Waals surface area contributed by atoms with Crippen LogP contribution >= 0.6 is 11.6 Å². The summed E-state index contributed by atoms with van der Waals surface area (Å²) in [4.78, 5) is 0.285. The lowest BCUT2D eigenvalue weighted by atomic mass is 9.97. The highest BCUT2D eigenvalue weighted by molar-refractivity contribution is 7.90. The van der Waals surface area contributed by atoms with E-state index in [2.05, 4.69) is 5.32 Å². The fourth-order valence-electron chi connectivity index (χ4n) is 3.06. The molecule has 21 heavy (non-hydrogen) atoms. The van der Waals surface area contributed by atoms with E-state index >= 15 is 0 Å². The van der Waals surface area contributed by atoms with Gasteiger partial charge in [0.25, 0.3) is 0 Å². The molecule has 2 atom stereocenters. The van der Waals surface area contributed by atoms with Crippen molar-refractivity contribution in [3.05, 3.63) is 28.8 Å². The van der Waals surface area contributed by atoms with Gasteiger partial charge >= 0.3 is 0 Å². The van der Waals surface area contributed by atoms with Crippen molar-refractivity contribution in [1.82, 2.24) is 5.32 Å². The molecule has 1 aromatic rings. The molecule has 1 saturated carbocycles. The van der Waals surface area contributed by atoms with Crippen molar-refractivity contribution in [3.8, 4) is 0 Å². The molecule has 4 nitrogen and oxygen atoms in total. The van der Waals surface area contributed by atoms with Gasteiger partial charge in [-0.2, -0.15) is 0 Å². The molecule has 0 saturated heterocycles. The topological polar surface area (TPSA) is 66.4 Å². The molecule has 1 aliphatic carbocycles. The largest absolute Gasteiger partial charge is 0.396 e. The Balaban J connectivity index is 2.03. The number of aliphatic hydroxyl groups is 1. The Hall–Kier alpha value is -0.620. The Bertz CT molecular complexity index is 589. The lowest BCUT2D eigenvalue weighted by Gasteiger charge is -2.18. The Morgan fingerprint density at radius 1 is 1.33 bits per heavy atom. The fourth-order valence-corrected chi connectivity index (χ4v) is 4.32. The molecule has 0 heterocycles. The summed E-state index contributed by atoms with van der Waals surface area (Å²) in [5.74, 6) is 0.817. The van der Waals surface area contributed by atoms with Crippen LogP contribution in [0, 0.1) is 11.8 Å². The second-order valence-corrected chi connectivity index (χ2v) is 8.14. The van der Waals surface area contributed by atoms with Gasteiger partial charge in [0.2, 0.25) is 0 Å². The molecule has 0 bridgehead atoms. The van der Waals surface area contributed by atoms with E-state index in [9.17, 15) is 13.5 Å². The Labute approximate surface area is 131 Å². The van der Waals surface area contributed by atoms with Gasteiger partial charge in [-0.25, -0.2) is 8.42 Å². The zero-order chi connectivity index (χ0) is 15.5. The van der Waals surface area contributed by atoms with Gasteiger partial charge in [0.1, 0.15) is 0 Å². The van der Waals surface area contributed by atoms with E-state index in [-0.39, 0.29) is 11.5 Å². The van der Waals surface area contributed by atoms with Gasteiger partial charge in [-0.15, -0.1) is 0 Å². The van der Waals surface area contributed by atoms with E-state index in [0.717, 1.165) is 25.8 Å². The minimum atomic E-state index is -3.29. The Morgan fingerprint density at radius 3 is 2.71 bits per heavy atom. The zero-order valence-electron chi connectivity index (χ0n) is 12.2. The van der Waals surface area contributed by atoms with Crippen molar-refractivity contribution < 1.29 is 13.5 Å². The first-order valence-corrected chi connectivity index (χ1v) is 9.49. The van der Waals surface area contributed by atoms with Crippen molar-refractivity contribution in [2.75, 3.05) is 19.4 Å². The molecule has 0 aliphatic heterocycles.